The van der Waals surface area contributed by atoms with E-state index in [0.717, 1.165) is 0 Å². The molecule has 2 amide bonds. The van der Waals surface area contributed by atoms with Crippen LogP contribution >= 0.6 is 0 Å². The van der Waals surface area contributed by atoms with E-state index >= 15 is 0 Å². The molecule has 1 rings (SSSR count). The Hall–Kier alpha value is -2.37. The number of benzene rings is 1. The summed E-state index contributed by atoms with van der Waals surface area (Å²) >= 11 is 0. The lowest BCUT2D eigenvalue weighted by atomic mass is 9.95. The second kappa shape index (κ2) is 6.39. The van der Waals surface area contributed by atoms with Crippen LogP contribution in [0.4, 0.5) is 0 Å². The Balaban J connectivity index is 2.71. The van der Waals surface area contributed by atoms with Gasteiger partial charge in [-0.3, -0.25) is 9.59 Å². The van der Waals surface area contributed by atoms with Gasteiger partial charge in [-0.1, -0.05) is 26.8 Å². The number of nitrogens with two attached hydrogens (primary N) is 1. The van der Waals surface area contributed by atoms with Gasteiger partial charge in [0.05, 0.1) is 0 Å². The van der Waals surface area contributed by atoms with Crippen molar-refractivity contribution in [1.82, 2.24) is 5.32 Å². The molecule has 0 aromatic heterocycles. The summed E-state index contributed by atoms with van der Waals surface area (Å²) in [4.78, 5) is 34.8. The zero-order chi connectivity index (χ0) is 16.2. The van der Waals surface area contributed by atoms with E-state index in [2.05, 4.69) is 5.32 Å². The predicted molar refractivity (Wildman–Crippen MR) is 77.7 cm³/mol. The molecule has 1 aromatic carbocycles. The largest absolute Gasteiger partial charge is 0.425 e. The van der Waals surface area contributed by atoms with E-state index in [1.165, 1.54) is 25.1 Å². The summed E-state index contributed by atoms with van der Waals surface area (Å²) in [5, 5.41) is 2.57. The molecule has 0 bridgehead atoms. The molecule has 1 atom stereocenters. The molecule has 0 aliphatic heterocycles. The first-order valence-electron chi connectivity index (χ1n) is 6.54. The van der Waals surface area contributed by atoms with Gasteiger partial charge in [0.25, 0.3) is 0 Å². The van der Waals surface area contributed by atoms with Crippen molar-refractivity contribution in [3.63, 3.8) is 0 Å². The van der Waals surface area contributed by atoms with E-state index in [1.54, 1.807) is 26.8 Å². The van der Waals surface area contributed by atoms with Gasteiger partial charge >= 0.3 is 5.97 Å². The van der Waals surface area contributed by atoms with Crippen molar-refractivity contribution >= 4 is 17.8 Å². The lowest BCUT2D eigenvalue weighted by molar-refractivity contribution is -0.140. The van der Waals surface area contributed by atoms with Crippen molar-refractivity contribution in [3.05, 3.63) is 29.8 Å². The average molecular weight is 292 g/mol. The standard InChI is InChI=1S/C15H20N2O4/c1-9(17-14(20)15(2,3)4)13(19)21-11-7-5-6-10(8-11)12(16)18/h5-9H,1-4H3,(H2,16,18)(H,17,20). The molecule has 6 nitrogen and oxygen atoms in total. The number of carbonyl (C=O) groups excluding carboxylic acids is 3. The lowest BCUT2D eigenvalue weighted by Gasteiger charge is -2.20. The number of primary amides is 1. The summed E-state index contributed by atoms with van der Waals surface area (Å²) in [6, 6.07) is 5.18. The molecule has 1 unspecified atom stereocenters. The van der Waals surface area contributed by atoms with Gasteiger partial charge in [0, 0.05) is 11.0 Å². The zero-order valence-electron chi connectivity index (χ0n) is 12.6. The van der Waals surface area contributed by atoms with Crippen LogP contribution in [0.5, 0.6) is 5.75 Å². The van der Waals surface area contributed by atoms with Gasteiger partial charge in [0.15, 0.2) is 0 Å². The third kappa shape index (κ3) is 4.91. The van der Waals surface area contributed by atoms with Gasteiger partial charge in [-0.25, -0.2) is 4.79 Å². The van der Waals surface area contributed by atoms with Crippen molar-refractivity contribution in [2.24, 2.45) is 11.1 Å². The second-order valence-corrected chi connectivity index (χ2v) is 5.76. The highest BCUT2D eigenvalue weighted by Gasteiger charge is 2.26. The van der Waals surface area contributed by atoms with Gasteiger partial charge in [-0.15, -0.1) is 0 Å². The summed E-state index contributed by atoms with van der Waals surface area (Å²) in [7, 11) is 0. The van der Waals surface area contributed by atoms with E-state index < -0.39 is 23.3 Å². The topological polar surface area (TPSA) is 98.5 Å². The number of ether oxygens (including phenoxy) is 1. The Labute approximate surface area is 123 Å². The van der Waals surface area contributed by atoms with Gasteiger partial charge < -0.3 is 15.8 Å². The van der Waals surface area contributed by atoms with E-state index in [0.29, 0.717) is 0 Å². The van der Waals surface area contributed by atoms with Crippen LogP contribution in [0.2, 0.25) is 0 Å². The summed E-state index contributed by atoms with van der Waals surface area (Å²) in [5.41, 5.74) is 4.80. The highest BCUT2D eigenvalue weighted by atomic mass is 16.5. The lowest BCUT2D eigenvalue weighted by Crippen LogP contribution is -2.45. The maximum absolute atomic E-state index is 11.9. The minimum atomic E-state index is -0.797. The summed E-state index contributed by atoms with van der Waals surface area (Å²) < 4.78 is 5.12. The number of amides is 2. The van der Waals surface area contributed by atoms with Crippen LogP contribution in [0.25, 0.3) is 0 Å². The van der Waals surface area contributed by atoms with Crippen LogP contribution in [0.3, 0.4) is 0 Å². The van der Waals surface area contributed by atoms with Gasteiger partial charge in [-0.2, -0.15) is 0 Å². The Morgan fingerprint density at radius 3 is 2.38 bits per heavy atom. The minimum absolute atomic E-state index is 0.202. The quantitative estimate of drug-likeness (QED) is 0.644. The first kappa shape index (κ1) is 16.7. The fourth-order valence-corrected chi connectivity index (χ4v) is 1.39. The number of rotatable bonds is 4. The number of hydrogen-bond acceptors (Lipinski definition) is 4. The van der Waals surface area contributed by atoms with Crippen molar-refractivity contribution in [1.29, 1.82) is 0 Å². The van der Waals surface area contributed by atoms with Gasteiger partial charge in [0.2, 0.25) is 11.8 Å². The molecule has 3 N–H and O–H groups in total. The SMILES string of the molecule is CC(NC(=O)C(C)(C)C)C(=O)Oc1cccc(C(N)=O)c1. The number of hydrogen-bond donors (Lipinski definition) is 2. The second-order valence-electron chi connectivity index (χ2n) is 5.76. The maximum atomic E-state index is 11.9. The highest BCUT2D eigenvalue weighted by molar-refractivity contribution is 5.93. The van der Waals surface area contributed by atoms with Crippen molar-refractivity contribution in [2.45, 2.75) is 33.7 Å². The van der Waals surface area contributed by atoms with E-state index in [4.69, 9.17) is 10.5 Å². The molecular formula is C15H20N2O4. The van der Waals surface area contributed by atoms with E-state index in [1.807, 2.05) is 0 Å². The molecule has 1 aromatic rings. The first-order chi connectivity index (χ1) is 9.61. The molecule has 21 heavy (non-hydrogen) atoms. The molecule has 0 saturated carbocycles. The minimum Gasteiger partial charge on any atom is -0.425 e. The molecule has 0 radical (unpaired) electrons. The molecule has 114 valence electrons. The fourth-order valence-electron chi connectivity index (χ4n) is 1.39. The summed E-state index contributed by atoms with van der Waals surface area (Å²) in [5.74, 6) is -1.28. The third-order valence-corrected chi connectivity index (χ3v) is 2.72. The van der Waals surface area contributed by atoms with Crippen LogP contribution in [-0.2, 0) is 9.59 Å². The maximum Gasteiger partial charge on any atom is 0.333 e. The first-order valence-corrected chi connectivity index (χ1v) is 6.54. The van der Waals surface area contributed by atoms with E-state index in [-0.39, 0.29) is 17.2 Å². The molecule has 6 heteroatoms. The molecule has 0 aliphatic rings. The van der Waals surface area contributed by atoms with Gasteiger partial charge in [-0.05, 0) is 25.1 Å². The van der Waals surface area contributed by atoms with Crippen molar-refractivity contribution in [2.75, 3.05) is 0 Å². The number of esters is 1. The Kier molecular flexibility index (Phi) is 5.07. The summed E-state index contributed by atoms with van der Waals surface area (Å²) in [6.45, 7) is 6.77. The molecule has 0 heterocycles. The van der Waals surface area contributed by atoms with Crippen LogP contribution < -0.4 is 15.8 Å². The highest BCUT2D eigenvalue weighted by Crippen LogP contribution is 2.15. The van der Waals surface area contributed by atoms with Crippen LogP contribution in [0.15, 0.2) is 24.3 Å². The smallest absolute Gasteiger partial charge is 0.333 e. The average Bonchev–Trinajstić information content (AvgIpc) is 2.37. The van der Waals surface area contributed by atoms with E-state index in [9.17, 15) is 14.4 Å². The van der Waals surface area contributed by atoms with Crippen LogP contribution in [0.1, 0.15) is 38.1 Å². The Bertz CT molecular complexity index is 561. The number of carbonyl (C=O) groups is 3. The zero-order valence-corrected chi connectivity index (χ0v) is 12.6. The Morgan fingerprint density at radius 2 is 1.86 bits per heavy atom. The summed E-state index contributed by atoms with van der Waals surface area (Å²) in [6.07, 6.45) is 0. The Morgan fingerprint density at radius 1 is 1.24 bits per heavy atom. The van der Waals surface area contributed by atoms with Crippen LogP contribution in [0, 0.1) is 5.41 Å². The van der Waals surface area contributed by atoms with Gasteiger partial charge in [0.1, 0.15) is 11.8 Å². The molecule has 0 fully saturated rings. The molecule has 0 aliphatic carbocycles. The normalized spacial score (nSPS) is 12.4. The number of nitrogens with one attached hydrogen (secondary N) is 1. The third-order valence-electron chi connectivity index (χ3n) is 2.72. The van der Waals surface area contributed by atoms with Crippen molar-refractivity contribution < 1.29 is 19.1 Å². The fraction of sp³-hybridized carbons (Fsp3) is 0.400. The molecule has 0 saturated heterocycles. The monoisotopic (exact) mass is 292 g/mol. The van der Waals surface area contributed by atoms with Crippen LogP contribution in [-0.4, -0.2) is 23.8 Å². The molecule has 0 spiro atoms. The predicted octanol–water partition coefficient (Wildman–Crippen LogP) is 1.24. The van der Waals surface area contributed by atoms with Crippen molar-refractivity contribution in [3.8, 4) is 5.75 Å². The molecular weight excluding hydrogens is 272 g/mol.